The van der Waals surface area contributed by atoms with Crippen molar-refractivity contribution in [2.75, 3.05) is 19.7 Å². The molecule has 0 radical (unpaired) electrons. The van der Waals surface area contributed by atoms with E-state index in [1.807, 2.05) is 17.5 Å². The van der Waals surface area contributed by atoms with Crippen molar-refractivity contribution < 1.29 is 28.7 Å². The molecule has 2 rings (SSSR count). The number of likely N-dealkylation sites (tertiary alicyclic amines) is 1. The molecule has 1 saturated heterocycles. The zero-order valence-electron chi connectivity index (χ0n) is 13.2. The van der Waals surface area contributed by atoms with E-state index in [4.69, 9.17) is 4.74 Å². The molecular formula is C15H19N3O6. The van der Waals surface area contributed by atoms with Crippen molar-refractivity contribution in [1.29, 1.82) is 0 Å². The van der Waals surface area contributed by atoms with Crippen molar-refractivity contribution in [2.24, 2.45) is 11.8 Å². The zero-order chi connectivity index (χ0) is 17.7. The lowest BCUT2D eigenvalue weighted by Crippen LogP contribution is -2.42. The first-order valence-electron chi connectivity index (χ1n) is 7.67. The van der Waals surface area contributed by atoms with E-state index in [-0.39, 0.29) is 0 Å². The highest BCUT2D eigenvalue weighted by Gasteiger charge is 2.47. The number of imide groups is 2. The van der Waals surface area contributed by atoms with Gasteiger partial charge in [0.15, 0.2) is 6.61 Å². The molecule has 2 N–H and O–H groups in total. The Labute approximate surface area is 138 Å². The van der Waals surface area contributed by atoms with E-state index in [9.17, 15) is 24.0 Å². The number of carbonyl (C=O) groups excluding carboxylic acids is 5. The van der Waals surface area contributed by atoms with Crippen LogP contribution in [-0.4, -0.2) is 54.3 Å². The van der Waals surface area contributed by atoms with E-state index in [0.717, 1.165) is 4.90 Å². The minimum absolute atomic E-state index is 0.343. The molecule has 1 aliphatic heterocycles. The first-order chi connectivity index (χ1) is 11.4. The van der Waals surface area contributed by atoms with Crippen LogP contribution in [0.25, 0.3) is 0 Å². The first kappa shape index (κ1) is 17.6. The minimum atomic E-state index is -0.880. The second-order valence-electron chi connectivity index (χ2n) is 5.49. The van der Waals surface area contributed by atoms with Crippen molar-refractivity contribution in [3.8, 4) is 0 Å². The number of carbonyl (C=O) groups is 5. The van der Waals surface area contributed by atoms with Gasteiger partial charge in [-0.2, -0.15) is 0 Å². The summed E-state index contributed by atoms with van der Waals surface area (Å²) in [6, 6.07) is -0.694. The summed E-state index contributed by atoms with van der Waals surface area (Å²) in [5, 5.41) is 4.31. The van der Waals surface area contributed by atoms with Crippen molar-refractivity contribution in [3.05, 3.63) is 12.2 Å². The van der Waals surface area contributed by atoms with E-state index in [1.165, 1.54) is 0 Å². The fourth-order valence-electron chi connectivity index (χ4n) is 2.71. The summed E-state index contributed by atoms with van der Waals surface area (Å²) in [4.78, 5) is 59.5. The quantitative estimate of drug-likeness (QED) is 0.390. The topological polar surface area (TPSA) is 122 Å². The van der Waals surface area contributed by atoms with Crippen LogP contribution in [0.5, 0.6) is 0 Å². The maximum Gasteiger partial charge on any atom is 0.326 e. The smallest absolute Gasteiger partial charge is 0.326 e. The van der Waals surface area contributed by atoms with Gasteiger partial charge in [-0.25, -0.2) is 4.79 Å². The largest absolute Gasteiger partial charge is 0.454 e. The summed E-state index contributed by atoms with van der Waals surface area (Å²) in [5.41, 5.74) is 0. The van der Waals surface area contributed by atoms with Crippen LogP contribution in [0.1, 0.15) is 19.8 Å². The Balaban J connectivity index is 1.80. The standard InChI is InChI=1S/C15H19N3O6/c1-2-16-15(23)17-11(19)8-24-12(20)7-18-13(21)9-5-3-4-6-10(9)14(18)22/h3-4,9-10H,2,5-8H2,1H3,(H2,16,17,19,23)/t9-,10-/m1/s1. The average molecular weight is 337 g/mol. The maximum absolute atomic E-state index is 12.2. The van der Waals surface area contributed by atoms with Crippen LogP contribution in [0, 0.1) is 11.8 Å². The summed E-state index contributed by atoms with van der Waals surface area (Å²) in [6.45, 7) is 0.830. The molecular weight excluding hydrogens is 318 g/mol. The number of esters is 1. The van der Waals surface area contributed by atoms with Gasteiger partial charge in [-0.15, -0.1) is 0 Å². The number of amides is 5. The molecule has 2 atom stereocenters. The first-order valence-corrected chi connectivity index (χ1v) is 7.67. The molecule has 130 valence electrons. The molecule has 0 unspecified atom stereocenters. The molecule has 1 fully saturated rings. The fourth-order valence-corrected chi connectivity index (χ4v) is 2.71. The van der Waals surface area contributed by atoms with Crippen LogP contribution in [0.15, 0.2) is 12.2 Å². The summed E-state index contributed by atoms with van der Waals surface area (Å²) in [7, 11) is 0. The second-order valence-corrected chi connectivity index (χ2v) is 5.49. The van der Waals surface area contributed by atoms with Crippen LogP contribution in [0.2, 0.25) is 0 Å². The van der Waals surface area contributed by atoms with Gasteiger partial charge in [0, 0.05) is 6.54 Å². The molecule has 5 amide bonds. The predicted octanol–water partition coefficient (Wildman–Crippen LogP) is -0.673. The average Bonchev–Trinajstić information content (AvgIpc) is 2.79. The molecule has 2 aliphatic rings. The Kier molecular flexibility index (Phi) is 5.67. The van der Waals surface area contributed by atoms with Crippen molar-refractivity contribution >= 4 is 29.7 Å². The van der Waals surface area contributed by atoms with E-state index in [1.54, 1.807) is 6.92 Å². The summed E-state index contributed by atoms with van der Waals surface area (Å²) < 4.78 is 4.70. The lowest BCUT2D eigenvalue weighted by Gasteiger charge is -2.14. The van der Waals surface area contributed by atoms with Gasteiger partial charge in [-0.3, -0.25) is 29.4 Å². The molecule has 1 aliphatic carbocycles. The van der Waals surface area contributed by atoms with E-state index in [0.29, 0.717) is 19.4 Å². The van der Waals surface area contributed by atoms with Gasteiger partial charge in [-0.1, -0.05) is 12.2 Å². The van der Waals surface area contributed by atoms with Crippen molar-refractivity contribution in [3.63, 3.8) is 0 Å². The Morgan fingerprint density at radius 2 is 1.75 bits per heavy atom. The second kappa shape index (κ2) is 7.71. The Bertz CT molecular complexity index is 574. The molecule has 24 heavy (non-hydrogen) atoms. The third-order valence-electron chi connectivity index (χ3n) is 3.84. The molecule has 9 heteroatoms. The van der Waals surface area contributed by atoms with Gasteiger partial charge in [0.1, 0.15) is 6.54 Å². The van der Waals surface area contributed by atoms with Crippen LogP contribution in [0.3, 0.4) is 0 Å². The molecule has 0 spiro atoms. The Morgan fingerprint density at radius 1 is 1.17 bits per heavy atom. The number of fused-ring (bicyclic) bond motifs is 1. The Hall–Kier alpha value is -2.71. The van der Waals surface area contributed by atoms with Gasteiger partial charge < -0.3 is 10.1 Å². The monoisotopic (exact) mass is 337 g/mol. The highest BCUT2D eigenvalue weighted by molar-refractivity contribution is 6.07. The Morgan fingerprint density at radius 3 is 2.29 bits per heavy atom. The maximum atomic E-state index is 12.2. The van der Waals surface area contributed by atoms with Gasteiger partial charge in [0.2, 0.25) is 11.8 Å². The van der Waals surface area contributed by atoms with Crippen LogP contribution < -0.4 is 10.6 Å². The third kappa shape index (κ3) is 3.98. The van der Waals surface area contributed by atoms with E-state index in [2.05, 4.69) is 5.32 Å². The summed E-state index contributed by atoms with van der Waals surface area (Å²) in [5.74, 6) is -3.30. The van der Waals surface area contributed by atoms with Gasteiger partial charge in [-0.05, 0) is 19.8 Å². The molecule has 0 aromatic rings. The number of urea groups is 1. The summed E-state index contributed by atoms with van der Waals surface area (Å²) >= 11 is 0. The predicted molar refractivity (Wildman–Crippen MR) is 80.2 cm³/mol. The molecule has 0 aromatic carbocycles. The van der Waals surface area contributed by atoms with Crippen LogP contribution >= 0.6 is 0 Å². The van der Waals surface area contributed by atoms with Crippen molar-refractivity contribution in [1.82, 2.24) is 15.5 Å². The number of nitrogens with one attached hydrogen (secondary N) is 2. The normalized spacial score (nSPS) is 22.1. The van der Waals surface area contributed by atoms with E-state index < -0.39 is 54.7 Å². The highest BCUT2D eigenvalue weighted by atomic mass is 16.5. The number of hydrogen-bond donors (Lipinski definition) is 2. The number of ether oxygens (including phenoxy) is 1. The van der Waals surface area contributed by atoms with Crippen LogP contribution in [0.4, 0.5) is 4.79 Å². The van der Waals surface area contributed by atoms with Gasteiger partial charge in [0.25, 0.3) is 5.91 Å². The minimum Gasteiger partial charge on any atom is -0.454 e. The molecule has 0 bridgehead atoms. The van der Waals surface area contributed by atoms with Gasteiger partial charge >= 0.3 is 12.0 Å². The van der Waals surface area contributed by atoms with E-state index >= 15 is 0 Å². The third-order valence-corrected chi connectivity index (χ3v) is 3.84. The van der Waals surface area contributed by atoms with Crippen molar-refractivity contribution in [2.45, 2.75) is 19.8 Å². The number of allylic oxidation sites excluding steroid dienone is 2. The zero-order valence-corrected chi connectivity index (χ0v) is 13.2. The lowest BCUT2D eigenvalue weighted by atomic mass is 9.85. The number of nitrogens with zero attached hydrogens (tertiary/aromatic N) is 1. The SMILES string of the molecule is CCNC(=O)NC(=O)COC(=O)CN1C(=O)[C@@H]2CC=CC[C@H]2C1=O. The fraction of sp³-hybridized carbons (Fsp3) is 0.533. The molecule has 9 nitrogen and oxygen atoms in total. The number of rotatable bonds is 5. The van der Waals surface area contributed by atoms with Gasteiger partial charge in [0.05, 0.1) is 11.8 Å². The molecule has 0 saturated carbocycles. The molecule has 0 aromatic heterocycles. The number of hydrogen-bond acceptors (Lipinski definition) is 6. The summed E-state index contributed by atoms with van der Waals surface area (Å²) in [6.07, 6.45) is 4.66. The highest BCUT2D eigenvalue weighted by Crippen LogP contribution is 2.34. The van der Waals surface area contributed by atoms with Crippen LogP contribution in [-0.2, 0) is 23.9 Å². The lowest BCUT2D eigenvalue weighted by molar-refractivity contribution is -0.154. The molecule has 1 heterocycles.